The van der Waals surface area contributed by atoms with Gasteiger partial charge in [-0.2, -0.15) is 0 Å². The van der Waals surface area contributed by atoms with Crippen molar-refractivity contribution in [2.24, 2.45) is 0 Å². The van der Waals surface area contributed by atoms with E-state index in [9.17, 15) is 0 Å². The quantitative estimate of drug-likeness (QED) is 0.350. The van der Waals surface area contributed by atoms with E-state index in [1.807, 2.05) is 0 Å². The summed E-state index contributed by atoms with van der Waals surface area (Å²) < 4.78 is 14.4. The van der Waals surface area contributed by atoms with Gasteiger partial charge in [0, 0.05) is 0 Å². The summed E-state index contributed by atoms with van der Waals surface area (Å²) in [5, 5.41) is 0. The normalized spacial score (nSPS) is 15.9. The summed E-state index contributed by atoms with van der Waals surface area (Å²) in [4.78, 5) is 0. The van der Waals surface area contributed by atoms with Crippen LogP contribution < -0.4 is 9.30 Å². The van der Waals surface area contributed by atoms with Gasteiger partial charge >= 0.3 is 0 Å². The van der Waals surface area contributed by atoms with E-state index in [1.54, 1.807) is 0 Å². The monoisotopic (exact) mass is 466 g/mol. The SMILES string of the molecule is C[Si](C)(C)N[Si](C)(C)N(N([Si](C)(C)C)[Si](C)(C)N[Si](C)(C)C)[Si](C)(C)C. The van der Waals surface area contributed by atoms with Gasteiger partial charge in [-0.25, -0.2) is 0 Å². The molecule has 158 valence electrons. The highest BCUT2D eigenvalue weighted by Gasteiger charge is 2.52. The molecular formula is C16H50N4Si6. The Labute approximate surface area is 172 Å². The van der Waals surface area contributed by atoms with Crippen LogP contribution in [0.3, 0.4) is 0 Å². The highest BCUT2D eigenvalue weighted by molar-refractivity contribution is 7.01. The van der Waals surface area contributed by atoms with Crippen LogP contribution in [-0.2, 0) is 0 Å². The van der Waals surface area contributed by atoms with Crippen molar-refractivity contribution < 1.29 is 0 Å². The Kier molecular flexibility index (Phi) is 8.46. The first kappa shape index (κ1) is 27.1. The van der Waals surface area contributed by atoms with Crippen molar-refractivity contribution in [2.75, 3.05) is 0 Å². The van der Waals surface area contributed by atoms with Crippen molar-refractivity contribution in [1.29, 1.82) is 0 Å². The van der Waals surface area contributed by atoms with Crippen LogP contribution in [0.15, 0.2) is 0 Å². The van der Waals surface area contributed by atoms with Crippen molar-refractivity contribution >= 4 is 49.7 Å². The largest absolute Gasteiger partial charge is 0.347 e. The standard InChI is InChI=1S/C16H50N4Si6/c1-21(2,3)17-25(13,14)19(23(7,8)9)20(24(10,11)12)26(15,16)18-22(4,5)6/h17-18H,1-16H3. The molecule has 0 aromatic rings. The summed E-state index contributed by atoms with van der Waals surface area (Å²) in [5.41, 5.74) is 0. The minimum absolute atomic E-state index is 1.36. The third-order valence-corrected chi connectivity index (χ3v) is 28.4. The van der Waals surface area contributed by atoms with E-state index < -0.39 is 49.7 Å². The van der Waals surface area contributed by atoms with Crippen LogP contribution in [0.2, 0.25) is 105 Å². The Morgan fingerprint density at radius 2 is 0.577 bits per heavy atom. The minimum Gasteiger partial charge on any atom is -0.347 e. The lowest BCUT2D eigenvalue weighted by molar-refractivity contribution is 0.344. The molecule has 0 saturated heterocycles. The molecule has 0 saturated carbocycles. The minimum atomic E-state index is -1.78. The number of hydrazine groups is 1. The Morgan fingerprint density at radius 3 is 0.692 bits per heavy atom. The van der Waals surface area contributed by atoms with E-state index in [2.05, 4.69) is 123 Å². The van der Waals surface area contributed by atoms with Gasteiger partial charge in [-0.3, -0.25) is 8.68 Å². The average molecular weight is 467 g/mol. The first-order chi connectivity index (χ1) is 10.9. The smallest absolute Gasteiger partial charge is 0.197 e. The summed E-state index contributed by atoms with van der Waals surface area (Å²) in [6.45, 7) is 40.2. The Morgan fingerprint density at radius 1 is 0.385 bits per heavy atom. The second-order valence-corrected chi connectivity index (χ2v) is 41.3. The topological polar surface area (TPSA) is 30.5 Å². The van der Waals surface area contributed by atoms with E-state index in [0.29, 0.717) is 0 Å². The highest BCUT2D eigenvalue weighted by Crippen LogP contribution is 2.31. The van der Waals surface area contributed by atoms with Gasteiger partial charge < -0.3 is 9.30 Å². The molecule has 0 heterocycles. The summed E-state index contributed by atoms with van der Waals surface area (Å²) in [6.07, 6.45) is 0. The van der Waals surface area contributed by atoms with E-state index in [4.69, 9.17) is 0 Å². The second-order valence-electron chi connectivity index (χ2n) is 12.8. The van der Waals surface area contributed by atoms with Crippen LogP contribution in [0.4, 0.5) is 0 Å². The molecule has 0 aliphatic carbocycles. The Hall–Kier alpha value is 1.14. The van der Waals surface area contributed by atoms with Crippen LogP contribution in [0.25, 0.3) is 0 Å². The molecule has 0 fully saturated rings. The highest BCUT2D eigenvalue weighted by atomic mass is 28.5. The maximum absolute atomic E-state index is 4.21. The number of rotatable bonds is 9. The maximum Gasteiger partial charge on any atom is 0.197 e. The fraction of sp³-hybridized carbons (Fsp3) is 1.00. The predicted molar refractivity (Wildman–Crippen MR) is 138 cm³/mol. The van der Waals surface area contributed by atoms with Crippen molar-refractivity contribution in [2.45, 2.75) is 105 Å². The van der Waals surface area contributed by atoms with Gasteiger partial charge in [0.05, 0.1) is 0 Å². The number of hydrogen-bond donors (Lipinski definition) is 2. The first-order valence-corrected chi connectivity index (χ1v) is 29.9. The van der Waals surface area contributed by atoms with E-state index in [-0.39, 0.29) is 0 Å². The van der Waals surface area contributed by atoms with Gasteiger partial charge in [-0.15, -0.1) is 0 Å². The van der Waals surface area contributed by atoms with Gasteiger partial charge in [0.1, 0.15) is 32.9 Å². The lowest BCUT2D eigenvalue weighted by Crippen LogP contribution is -2.85. The molecular weight excluding hydrogens is 417 g/mol. The maximum atomic E-state index is 4.21. The molecule has 0 rings (SSSR count). The summed E-state index contributed by atoms with van der Waals surface area (Å²) in [7, 11) is -9.40. The van der Waals surface area contributed by atoms with Gasteiger partial charge in [0.15, 0.2) is 16.8 Å². The molecule has 0 aromatic heterocycles. The van der Waals surface area contributed by atoms with Gasteiger partial charge in [-0.1, -0.05) is 78.6 Å². The first-order valence-electron chi connectivity index (χ1n) is 10.1. The van der Waals surface area contributed by atoms with Crippen LogP contribution >= 0.6 is 0 Å². The van der Waals surface area contributed by atoms with E-state index >= 15 is 0 Å². The Bertz CT molecular complexity index is 425. The van der Waals surface area contributed by atoms with Crippen molar-refractivity contribution in [3.8, 4) is 0 Å². The van der Waals surface area contributed by atoms with Gasteiger partial charge in [0.2, 0.25) is 0 Å². The summed E-state index contributed by atoms with van der Waals surface area (Å²) in [6, 6.07) is 0. The molecule has 0 unspecified atom stereocenters. The summed E-state index contributed by atoms with van der Waals surface area (Å²) >= 11 is 0. The van der Waals surface area contributed by atoms with Crippen LogP contribution in [-0.4, -0.2) is 58.4 Å². The van der Waals surface area contributed by atoms with Gasteiger partial charge in [0.25, 0.3) is 0 Å². The zero-order valence-corrected chi connectivity index (χ0v) is 26.9. The molecule has 0 atom stereocenters. The molecule has 4 nitrogen and oxygen atoms in total. The lowest BCUT2D eigenvalue weighted by atomic mass is 11.8. The fourth-order valence-corrected chi connectivity index (χ4v) is 43.5. The lowest BCUT2D eigenvalue weighted by Gasteiger charge is -2.62. The van der Waals surface area contributed by atoms with Crippen molar-refractivity contribution in [3.63, 3.8) is 0 Å². The molecule has 10 heteroatoms. The van der Waals surface area contributed by atoms with Crippen molar-refractivity contribution in [1.82, 2.24) is 18.0 Å². The molecule has 0 bridgehead atoms. The molecule has 2 N–H and O–H groups in total. The average Bonchev–Trinajstić information content (AvgIpc) is 2.13. The number of nitrogens with zero attached hydrogens (tertiary/aromatic N) is 2. The molecule has 0 aliphatic rings. The fourth-order valence-electron chi connectivity index (χ4n) is 4.72. The Balaban J connectivity index is 6.44. The predicted octanol–water partition coefficient (Wildman–Crippen LogP) is 5.43. The molecule has 0 aromatic carbocycles. The third kappa shape index (κ3) is 8.66. The second kappa shape index (κ2) is 8.11. The molecule has 0 aliphatic heterocycles. The van der Waals surface area contributed by atoms with Gasteiger partial charge in [-0.05, 0) is 26.2 Å². The molecule has 0 spiro atoms. The van der Waals surface area contributed by atoms with E-state index in [1.165, 1.54) is 0 Å². The molecule has 26 heavy (non-hydrogen) atoms. The molecule has 0 radical (unpaired) electrons. The van der Waals surface area contributed by atoms with Crippen LogP contribution in [0.1, 0.15) is 0 Å². The molecule has 0 amide bonds. The number of nitrogens with one attached hydrogen (secondary N) is 2. The van der Waals surface area contributed by atoms with E-state index in [0.717, 1.165) is 0 Å². The zero-order valence-electron chi connectivity index (χ0n) is 20.9. The third-order valence-electron chi connectivity index (χ3n) is 3.89. The zero-order chi connectivity index (χ0) is 21.6. The van der Waals surface area contributed by atoms with Crippen molar-refractivity contribution in [3.05, 3.63) is 0 Å². The summed E-state index contributed by atoms with van der Waals surface area (Å²) in [5.74, 6) is 0. The van der Waals surface area contributed by atoms with Crippen LogP contribution in [0, 0.1) is 0 Å². The van der Waals surface area contributed by atoms with Crippen LogP contribution in [0.5, 0.6) is 0 Å². The number of hydrogen-bond acceptors (Lipinski definition) is 4.